The Labute approximate surface area is 245 Å². The first-order valence-corrected chi connectivity index (χ1v) is 13.9. The summed E-state index contributed by atoms with van der Waals surface area (Å²) in [6.07, 6.45) is -0.707. The molecule has 0 heterocycles. The zero-order valence-corrected chi connectivity index (χ0v) is 23.8. The number of carbonyl (C=O) groups excluding carboxylic acids is 2. The number of ether oxygens (including phenoxy) is 2. The Balaban J connectivity index is 1.23. The molecule has 7 heteroatoms. The van der Waals surface area contributed by atoms with E-state index >= 15 is 0 Å². The lowest BCUT2D eigenvalue weighted by Crippen LogP contribution is -2.42. The van der Waals surface area contributed by atoms with Gasteiger partial charge in [-0.05, 0) is 71.8 Å². The zero-order chi connectivity index (χ0) is 29.9. The van der Waals surface area contributed by atoms with Gasteiger partial charge >= 0.3 is 18.0 Å². The number of hydrogen-bond acceptors (Lipinski definition) is 5. The quantitative estimate of drug-likeness (QED) is 0.228. The smallest absolute Gasteiger partial charge is 0.407 e. The SMILES string of the molecule is CC(C)(C)OC(=O)c1ccc(-c2cccc(C[C@H](NC(=O)OCC3c4ccccc4-c4ccccc43)C(=O)O)c2)cc1. The second kappa shape index (κ2) is 11.9. The van der Waals surface area contributed by atoms with E-state index in [0.29, 0.717) is 5.56 Å². The standard InChI is InChI=1S/C35H33NO6/c1-35(2,3)42-33(39)24-17-15-23(16-18-24)25-10-8-9-22(19-25)20-31(32(37)38)36-34(40)41-21-30-28-13-6-4-11-26(28)27-12-5-7-14-29(27)30/h4-19,30-31H,20-21H2,1-3H3,(H,36,40)(H,37,38)/t31-/m0/s1. The minimum atomic E-state index is -1.18. The van der Waals surface area contributed by atoms with Crippen molar-refractivity contribution < 1.29 is 29.0 Å². The van der Waals surface area contributed by atoms with Crippen molar-refractivity contribution in [2.45, 2.75) is 44.8 Å². The summed E-state index contributed by atoms with van der Waals surface area (Å²) in [6, 6.07) is 29.3. The van der Waals surface area contributed by atoms with Gasteiger partial charge in [0, 0.05) is 12.3 Å². The van der Waals surface area contributed by atoms with Crippen molar-refractivity contribution in [2.24, 2.45) is 0 Å². The van der Waals surface area contributed by atoms with Gasteiger partial charge in [0.25, 0.3) is 0 Å². The minimum absolute atomic E-state index is 0.0728. The van der Waals surface area contributed by atoms with Gasteiger partial charge < -0.3 is 19.9 Å². The Morgan fingerprint density at radius 3 is 2.02 bits per heavy atom. The first-order chi connectivity index (χ1) is 20.1. The van der Waals surface area contributed by atoms with Crippen molar-refractivity contribution in [3.8, 4) is 22.3 Å². The maximum Gasteiger partial charge on any atom is 0.407 e. The van der Waals surface area contributed by atoms with Crippen LogP contribution in [0.15, 0.2) is 97.1 Å². The molecule has 1 amide bonds. The summed E-state index contributed by atoms with van der Waals surface area (Å²) in [4.78, 5) is 37.2. The summed E-state index contributed by atoms with van der Waals surface area (Å²) in [7, 11) is 0. The second-order valence-corrected chi connectivity index (χ2v) is 11.3. The van der Waals surface area contributed by atoms with Crippen LogP contribution in [0.25, 0.3) is 22.3 Å². The summed E-state index contributed by atoms with van der Waals surface area (Å²) >= 11 is 0. The van der Waals surface area contributed by atoms with E-state index in [-0.39, 0.29) is 18.9 Å². The lowest BCUT2D eigenvalue weighted by Gasteiger charge is -2.19. The van der Waals surface area contributed by atoms with Gasteiger partial charge in [-0.1, -0.05) is 84.9 Å². The molecular weight excluding hydrogens is 530 g/mol. The van der Waals surface area contributed by atoms with Gasteiger partial charge in [0.2, 0.25) is 0 Å². The van der Waals surface area contributed by atoms with Crippen molar-refractivity contribution in [1.29, 1.82) is 0 Å². The fourth-order valence-corrected chi connectivity index (χ4v) is 5.23. The molecule has 0 aromatic heterocycles. The fraction of sp³-hybridized carbons (Fsp3) is 0.229. The van der Waals surface area contributed by atoms with Crippen LogP contribution in [0.4, 0.5) is 4.79 Å². The first-order valence-electron chi connectivity index (χ1n) is 13.9. The number of amides is 1. The first kappa shape index (κ1) is 28.6. The van der Waals surface area contributed by atoms with Crippen molar-refractivity contribution in [2.75, 3.05) is 6.61 Å². The van der Waals surface area contributed by atoms with E-state index < -0.39 is 29.7 Å². The average molecular weight is 564 g/mol. The van der Waals surface area contributed by atoms with E-state index in [4.69, 9.17) is 9.47 Å². The Morgan fingerprint density at radius 2 is 1.43 bits per heavy atom. The number of carboxylic acids is 1. The summed E-state index contributed by atoms with van der Waals surface area (Å²) in [5.41, 5.74) is 6.70. The molecule has 4 aromatic carbocycles. The number of carbonyl (C=O) groups is 3. The maximum atomic E-state index is 12.8. The summed E-state index contributed by atoms with van der Waals surface area (Å²) in [5, 5.41) is 12.4. The van der Waals surface area contributed by atoms with Gasteiger partial charge in [-0.25, -0.2) is 14.4 Å². The molecule has 0 aliphatic heterocycles. The number of carboxylic acid groups (broad SMARTS) is 1. The highest BCUT2D eigenvalue weighted by atomic mass is 16.6. The van der Waals surface area contributed by atoms with E-state index in [1.54, 1.807) is 12.1 Å². The molecule has 0 fully saturated rings. The van der Waals surface area contributed by atoms with Gasteiger partial charge in [0.15, 0.2) is 0 Å². The van der Waals surface area contributed by atoms with E-state index in [2.05, 4.69) is 17.4 Å². The fourth-order valence-electron chi connectivity index (χ4n) is 5.23. The van der Waals surface area contributed by atoms with Crippen LogP contribution in [0.2, 0.25) is 0 Å². The van der Waals surface area contributed by atoms with Crippen molar-refractivity contribution in [3.05, 3.63) is 119 Å². The molecule has 0 saturated carbocycles. The lowest BCUT2D eigenvalue weighted by molar-refractivity contribution is -0.139. The van der Waals surface area contributed by atoms with Crippen LogP contribution in [0.5, 0.6) is 0 Å². The van der Waals surface area contributed by atoms with Crippen molar-refractivity contribution in [1.82, 2.24) is 5.32 Å². The van der Waals surface area contributed by atoms with Gasteiger partial charge in [-0.2, -0.15) is 0 Å². The molecule has 0 saturated heterocycles. The Morgan fingerprint density at radius 1 is 0.810 bits per heavy atom. The molecular formula is C35H33NO6. The molecule has 0 unspecified atom stereocenters. The monoisotopic (exact) mass is 563 g/mol. The number of fused-ring (bicyclic) bond motifs is 3. The molecule has 0 spiro atoms. The number of alkyl carbamates (subject to hydrolysis) is 1. The van der Waals surface area contributed by atoms with E-state index in [9.17, 15) is 19.5 Å². The molecule has 4 aromatic rings. The molecule has 5 rings (SSSR count). The molecule has 42 heavy (non-hydrogen) atoms. The number of nitrogens with one attached hydrogen (secondary N) is 1. The molecule has 2 N–H and O–H groups in total. The Kier molecular flexibility index (Phi) is 8.11. The second-order valence-electron chi connectivity index (χ2n) is 11.3. The van der Waals surface area contributed by atoms with Gasteiger partial charge in [-0.15, -0.1) is 0 Å². The van der Waals surface area contributed by atoms with Crippen LogP contribution in [0.3, 0.4) is 0 Å². The van der Waals surface area contributed by atoms with E-state index in [0.717, 1.165) is 38.9 Å². The predicted molar refractivity (Wildman–Crippen MR) is 160 cm³/mol. The molecule has 0 radical (unpaired) electrons. The molecule has 214 valence electrons. The highest BCUT2D eigenvalue weighted by molar-refractivity contribution is 5.90. The maximum absolute atomic E-state index is 12.8. The topological polar surface area (TPSA) is 102 Å². The van der Waals surface area contributed by atoms with Gasteiger partial charge in [-0.3, -0.25) is 0 Å². The summed E-state index contributed by atoms with van der Waals surface area (Å²) in [5.74, 6) is -1.67. The van der Waals surface area contributed by atoms with Crippen molar-refractivity contribution >= 4 is 18.0 Å². The van der Waals surface area contributed by atoms with Crippen LogP contribution in [0, 0.1) is 0 Å². The van der Waals surface area contributed by atoms with E-state index in [1.165, 1.54) is 0 Å². The number of benzene rings is 4. The average Bonchev–Trinajstić information content (AvgIpc) is 3.28. The highest BCUT2D eigenvalue weighted by Gasteiger charge is 2.30. The summed E-state index contributed by atoms with van der Waals surface area (Å²) < 4.78 is 11.0. The summed E-state index contributed by atoms with van der Waals surface area (Å²) in [6.45, 7) is 5.55. The largest absolute Gasteiger partial charge is 0.480 e. The number of aliphatic carboxylic acids is 1. The lowest BCUT2D eigenvalue weighted by atomic mass is 9.98. The Hall–Kier alpha value is -4.91. The number of rotatable bonds is 8. The predicted octanol–water partition coefficient (Wildman–Crippen LogP) is 6.84. The van der Waals surface area contributed by atoms with Gasteiger partial charge in [0.1, 0.15) is 18.2 Å². The molecule has 0 bridgehead atoms. The third-order valence-electron chi connectivity index (χ3n) is 7.15. The Bertz CT molecular complexity index is 1570. The minimum Gasteiger partial charge on any atom is -0.480 e. The molecule has 1 aliphatic carbocycles. The van der Waals surface area contributed by atoms with Crippen LogP contribution >= 0.6 is 0 Å². The normalized spacial score (nSPS) is 13.0. The zero-order valence-electron chi connectivity index (χ0n) is 23.8. The number of esters is 1. The number of hydrogen-bond donors (Lipinski definition) is 2. The third kappa shape index (κ3) is 6.52. The molecule has 7 nitrogen and oxygen atoms in total. The third-order valence-corrected chi connectivity index (χ3v) is 7.15. The van der Waals surface area contributed by atoms with Crippen LogP contribution in [-0.4, -0.2) is 41.4 Å². The molecule has 1 atom stereocenters. The van der Waals surface area contributed by atoms with Crippen molar-refractivity contribution in [3.63, 3.8) is 0 Å². The van der Waals surface area contributed by atoms with E-state index in [1.807, 2.05) is 93.6 Å². The molecule has 1 aliphatic rings. The van der Waals surface area contributed by atoms with Crippen LogP contribution in [-0.2, 0) is 20.7 Å². The van der Waals surface area contributed by atoms with Crippen LogP contribution in [0.1, 0.15) is 53.7 Å². The van der Waals surface area contributed by atoms with Crippen LogP contribution < -0.4 is 5.32 Å². The highest BCUT2D eigenvalue weighted by Crippen LogP contribution is 2.44. The van der Waals surface area contributed by atoms with Gasteiger partial charge in [0.05, 0.1) is 5.56 Å².